The van der Waals surface area contributed by atoms with Crippen LogP contribution in [0.1, 0.15) is 26.2 Å². The molecule has 6 nitrogen and oxygen atoms in total. The number of aliphatic carboxylic acids is 1. The summed E-state index contributed by atoms with van der Waals surface area (Å²) in [5, 5.41) is 9.40. The lowest BCUT2D eigenvalue weighted by atomic mass is 9.90. The second kappa shape index (κ2) is 4.99. The molecule has 0 aliphatic carbocycles. The highest BCUT2D eigenvalue weighted by Gasteiger charge is 2.59. The Hall–Kier alpha value is -2.02. The van der Waals surface area contributed by atoms with E-state index < -0.39 is 16.3 Å². The van der Waals surface area contributed by atoms with E-state index in [4.69, 9.17) is 0 Å². The minimum absolute atomic E-state index is 0.0407. The highest BCUT2D eigenvalue weighted by atomic mass is 32.2. The number of carboxylic acid groups (broad SMARTS) is 1. The quantitative estimate of drug-likeness (QED) is 0.885. The van der Waals surface area contributed by atoms with Gasteiger partial charge in [0.15, 0.2) is 4.87 Å². The average Bonchev–Trinajstić information content (AvgIpc) is 3.20. The SMILES string of the molecule is CC1(C(=O)O)CCN(C(=O)C23CCC(=O)N2c2ccccc2S3)C1. The fourth-order valence-corrected chi connectivity index (χ4v) is 5.33. The number of nitrogens with zero attached hydrogens (tertiary/aromatic N) is 2. The molecule has 2 fully saturated rings. The molecule has 4 rings (SSSR count). The van der Waals surface area contributed by atoms with Crippen LogP contribution < -0.4 is 4.90 Å². The molecule has 0 aromatic heterocycles. The third kappa shape index (κ3) is 1.94. The van der Waals surface area contributed by atoms with Gasteiger partial charge >= 0.3 is 5.97 Å². The fraction of sp³-hybridized carbons (Fsp3) is 0.471. The van der Waals surface area contributed by atoms with Gasteiger partial charge in [0.05, 0.1) is 11.1 Å². The second-order valence-electron chi connectivity index (χ2n) is 6.93. The molecule has 126 valence electrons. The number of para-hydroxylation sites is 1. The monoisotopic (exact) mass is 346 g/mol. The van der Waals surface area contributed by atoms with E-state index >= 15 is 0 Å². The first kappa shape index (κ1) is 15.5. The van der Waals surface area contributed by atoms with Crippen LogP contribution in [-0.2, 0) is 14.4 Å². The molecular weight excluding hydrogens is 328 g/mol. The van der Waals surface area contributed by atoms with Crippen molar-refractivity contribution in [2.75, 3.05) is 18.0 Å². The molecule has 2 unspecified atom stereocenters. The van der Waals surface area contributed by atoms with E-state index in [1.165, 1.54) is 11.8 Å². The van der Waals surface area contributed by atoms with Crippen LogP contribution in [0.2, 0.25) is 0 Å². The van der Waals surface area contributed by atoms with E-state index in [1.54, 1.807) is 16.7 Å². The lowest BCUT2D eigenvalue weighted by molar-refractivity contribution is -0.147. The Morgan fingerprint density at radius 3 is 2.71 bits per heavy atom. The van der Waals surface area contributed by atoms with Crippen LogP contribution in [0.5, 0.6) is 0 Å². The van der Waals surface area contributed by atoms with Gasteiger partial charge in [-0.15, -0.1) is 0 Å². The van der Waals surface area contributed by atoms with Gasteiger partial charge in [-0.1, -0.05) is 23.9 Å². The normalized spacial score (nSPS) is 31.3. The molecule has 1 aromatic carbocycles. The summed E-state index contributed by atoms with van der Waals surface area (Å²) >= 11 is 1.43. The van der Waals surface area contributed by atoms with Crippen molar-refractivity contribution in [1.82, 2.24) is 4.90 Å². The lowest BCUT2D eigenvalue weighted by Gasteiger charge is -2.34. The molecule has 3 aliphatic rings. The Kier molecular flexibility index (Phi) is 3.22. The van der Waals surface area contributed by atoms with Crippen molar-refractivity contribution in [3.63, 3.8) is 0 Å². The number of rotatable bonds is 2. The first-order valence-electron chi connectivity index (χ1n) is 8.01. The molecule has 1 N–H and O–H groups in total. The number of likely N-dealkylation sites (tertiary alicyclic amines) is 1. The van der Waals surface area contributed by atoms with Gasteiger partial charge in [-0.2, -0.15) is 0 Å². The molecule has 0 saturated carbocycles. The van der Waals surface area contributed by atoms with Gasteiger partial charge in [0.25, 0.3) is 5.91 Å². The van der Waals surface area contributed by atoms with Gasteiger partial charge in [0.1, 0.15) is 0 Å². The first-order chi connectivity index (χ1) is 11.4. The molecule has 2 amide bonds. The molecule has 24 heavy (non-hydrogen) atoms. The summed E-state index contributed by atoms with van der Waals surface area (Å²) < 4.78 is 0. The summed E-state index contributed by atoms with van der Waals surface area (Å²) in [5.41, 5.74) is -0.117. The molecule has 1 aromatic rings. The largest absolute Gasteiger partial charge is 0.481 e. The number of benzene rings is 1. The van der Waals surface area contributed by atoms with Crippen molar-refractivity contribution in [2.24, 2.45) is 5.41 Å². The molecule has 2 atom stereocenters. The zero-order valence-corrected chi connectivity index (χ0v) is 14.1. The summed E-state index contributed by atoms with van der Waals surface area (Å²) in [4.78, 5) is 40.4. The van der Waals surface area contributed by atoms with E-state index in [2.05, 4.69) is 0 Å². The van der Waals surface area contributed by atoms with Crippen molar-refractivity contribution in [3.05, 3.63) is 24.3 Å². The van der Waals surface area contributed by atoms with E-state index in [0.717, 1.165) is 10.6 Å². The van der Waals surface area contributed by atoms with E-state index in [9.17, 15) is 19.5 Å². The van der Waals surface area contributed by atoms with E-state index in [0.29, 0.717) is 25.8 Å². The number of hydrogen-bond acceptors (Lipinski definition) is 4. The second-order valence-corrected chi connectivity index (χ2v) is 8.25. The topological polar surface area (TPSA) is 77.9 Å². The average molecular weight is 346 g/mol. The molecular formula is C17H18N2O4S. The molecule has 0 spiro atoms. The van der Waals surface area contributed by atoms with Crippen molar-refractivity contribution in [2.45, 2.75) is 36.0 Å². The number of carboxylic acids is 1. The third-order valence-electron chi connectivity index (χ3n) is 5.28. The highest BCUT2D eigenvalue weighted by Crippen LogP contribution is 2.56. The number of amides is 2. The number of fused-ring (bicyclic) bond motifs is 3. The van der Waals surface area contributed by atoms with Crippen molar-refractivity contribution >= 4 is 35.2 Å². The van der Waals surface area contributed by atoms with Gasteiger partial charge < -0.3 is 10.0 Å². The summed E-state index contributed by atoms with van der Waals surface area (Å²) in [7, 11) is 0. The Bertz CT molecular complexity index is 767. The summed E-state index contributed by atoms with van der Waals surface area (Å²) in [5.74, 6) is -1.06. The molecule has 7 heteroatoms. The maximum atomic E-state index is 13.3. The predicted molar refractivity (Wildman–Crippen MR) is 88.7 cm³/mol. The fourth-order valence-electron chi connectivity index (χ4n) is 3.84. The maximum absolute atomic E-state index is 13.3. The van der Waals surface area contributed by atoms with Crippen LogP contribution in [0, 0.1) is 5.41 Å². The van der Waals surface area contributed by atoms with E-state index in [-0.39, 0.29) is 18.4 Å². The highest BCUT2D eigenvalue weighted by molar-refractivity contribution is 8.02. The van der Waals surface area contributed by atoms with Crippen LogP contribution in [0.15, 0.2) is 29.2 Å². The van der Waals surface area contributed by atoms with Crippen LogP contribution in [0.4, 0.5) is 5.69 Å². The zero-order valence-electron chi connectivity index (χ0n) is 13.3. The van der Waals surface area contributed by atoms with Crippen LogP contribution in [0.3, 0.4) is 0 Å². The van der Waals surface area contributed by atoms with Gasteiger partial charge in [0.2, 0.25) is 5.91 Å². The first-order valence-corrected chi connectivity index (χ1v) is 8.83. The van der Waals surface area contributed by atoms with Gasteiger partial charge in [0, 0.05) is 24.4 Å². The molecule has 3 aliphatic heterocycles. The molecule has 2 saturated heterocycles. The van der Waals surface area contributed by atoms with Crippen molar-refractivity contribution in [1.29, 1.82) is 0 Å². The van der Waals surface area contributed by atoms with Crippen LogP contribution in [0.25, 0.3) is 0 Å². The van der Waals surface area contributed by atoms with Crippen LogP contribution in [-0.4, -0.2) is 45.8 Å². The standard InChI is InChI=1S/C17H18N2O4S/c1-16(15(22)23)8-9-18(10-16)14(21)17-7-6-13(20)19(17)11-4-2-3-5-12(11)24-17/h2-5H,6-10H2,1H3,(H,22,23). The van der Waals surface area contributed by atoms with Gasteiger partial charge in [-0.3, -0.25) is 19.3 Å². The number of carbonyl (C=O) groups excluding carboxylic acids is 2. The Balaban J connectivity index is 1.68. The lowest BCUT2D eigenvalue weighted by Crippen LogP contribution is -2.53. The van der Waals surface area contributed by atoms with Crippen LogP contribution >= 0.6 is 11.8 Å². The Labute approximate surface area is 143 Å². The number of thioether (sulfide) groups is 1. The maximum Gasteiger partial charge on any atom is 0.311 e. The van der Waals surface area contributed by atoms with Crippen molar-refractivity contribution in [3.8, 4) is 0 Å². The summed E-state index contributed by atoms with van der Waals surface area (Å²) in [6, 6.07) is 7.55. The number of carbonyl (C=O) groups is 3. The minimum Gasteiger partial charge on any atom is -0.481 e. The Morgan fingerprint density at radius 1 is 1.25 bits per heavy atom. The summed E-state index contributed by atoms with van der Waals surface area (Å²) in [6.07, 6.45) is 1.25. The smallest absolute Gasteiger partial charge is 0.311 e. The Morgan fingerprint density at radius 2 is 2.00 bits per heavy atom. The number of hydrogen-bond donors (Lipinski definition) is 1. The predicted octanol–water partition coefficient (Wildman–Crippen LogP) is 1.94. The van der Waals surface area contributed by atoms with E-state index in [1.807, 2.05) is 24.3 Å². The number of anilines is 1. The minimum atomic E-state index is -0.940. The molecule has 0 bridgehead atoms. The zero-order chi connectivity index (χ0) is 17.1. The third-order valence-corrected chi connectivity index (χ3v) is 6.75. The van der Waals surface area contributed by atoms with Gasteiger partial charge in [-0.25, -0.2) is 0 Å². The summed E-state index contributed by atoms with van der Waals surface area (Å²) in [6.45, 7) is 2.29. The van der Waals surface area contributed by atoms with Crippen molar-refractivity contribution < 1.29 is 19.5 Å². The molecule has 3 heterocycles. The molecule has 0 radical (unpaired) electrons. The van der Waals surface area contributed by atoms with Gasteiger partial charge in [-0.05, 0) is 31.9 Å².